The van der Waals surface area contributed by atoms with E-state index in [0.29, 0.717) is 35.5 Å². The molecule has 4 heterocycles. The van der Waals surface area contributed by atoms with Gasteiger partial charge in [-0.2, -0.15) is 5.10 Å². The number of methoxy groups -OCH3 is 1. The summed E-state index contributed by atoms with van der Waals surface area (Å²) in [5, 5.41) is 16.2. The van der Waals surface area contributed by atoms with E-state index >= 15 is 4.39 Å². The van der Waals surface area contributed by atoms with Gasteiger partial charge >= 0.3 is 0 Å². The topological polar surface area (TPSA) is 144 Å². The molecule has 2 amide bonds. The Balaban J connectivity index is 1.36. The molecule has 1 aliphatic heterocycles. The van der Waals surface area contributed by atoms with Crippen molar-refractivity contribution >= 4 is 17.5 Å². The number of benzene rings is 1. The van der Waals surface area contributed by atoms with Crippen LogP contribution in [-0.4, -0.2) is 58.5 Å². The lowest BCUT2D eigenvalue weighted by atomic mass is 9.75. The second kappa shape index (κ2) is 11.4. The fourth-order valence-corrected chi connectivity index (χ4v) is 5.85. The van der Waals surface area contributed by atoms with Crippen molar-refractivity contribution in [3.63, 3.8) is 0 Å². The van der Waals surface area contributed by atoms with Crippen LogP contribution >= 0.6 is 0 Å². The predicted molar refractivity (Wildman–Crippen MR) is 149 cm³/mol. The van der Waals surface area contributed by atoms with E-state index in [2.05, 4.69) is 31.0 Å². The minimum Gasteiger partial charge on any atom is -0.493 e. The van der Waals surface area contributed by atoms with Gasteiger partial charge < -0.3 is 24.6 Å². The maximum atomic E-state index is 15.3. The molecule has 1 aromatic carbocycles. The first-order valence-corrected chi connectivity index (χ1v) is 13.9. The summed E-state index contributed by atoms with van der Waals surface area (Å²) in [7, 11) is 1.50. The Kier molecular flexibility index (Phi) is 7.61. The Morgan fingerprint density at radius 2 is 1.93 bits per heavy atom. The molecule has 1 aliphatic carbocycles. The van der Waals surface area contributed by atoms with E-state index in [9.17, 15) is 18.4 Å². The molecule has 6 rings (SSSR count). The Morgan fingerprint density at radius 3 is 2.61 bits per heavy atom. The number of nitrogens with one attached hydrogen (secondary N) is 3. The fraction of sp³-hybridized carbons (Fsp3) is 0.367. The second-order valence-corrected chi connectivity index (χ2v) is 11.2. The molecular weight excluding hydrogens is 581 g/mol. The van der Waals surface area contributed by atoms with Crippen molar-refractivity contribution in [1.29, 1.82) is 0 Å². The van der Waals surface area contributed by atoms with Gasteiger partial charge in [-0.25, -0.2) is 13.2 Å². The van der Waals surface area contributed by atoms with Crippen LogP contribution in [0.15, 0.2) is 35.2 Å². The highest BCUT2D eigenvalue weighted by atomic mass is 19.2. The molecule has 0 radical (unpaired) electrons. The summed E-state index contributed by atoms with van der Waals surface area (Å²) in [6.07, 6.45) is 3.97. The maximum absolute atomic E-state index is 15.3. The molecule has 3 N–H and O–H groups in total. The molecule has 0 saturated heterocycles. The van der Waals surface area contributed by atoms with E-state index in [4.69, 9.17) is 14.0 Å². The van der Waals surface area contributed by atoms with Crippen LogP contribution in [0.1, 0.15) is 51.8 Å². The van der Waals surface area contributed by atoms with E-state index < -0.39 is 46.6 Å². The van der Waals surface area contributed by atoms with Crippen LogP contribution in [-0.2, 0) is 16.0 Å². The van der Waals surface area contributed by atoms with Gasteiger partial charge in [-0.15, -0.1) is 0 Å². The molecule has 4 aromatic rings. The average molecular weight is 611 g/mol. The van der Waals surface area contributed by atoms with Crippen LogP contribution in [0.2, 0.25) is 0 Å². The van der Waals surface area contributed by atoms with Crippen LogP contribution in [0.25, 0.3) is 11.3 Å². The lowest BCUT2D eigenvalue weighted by Gasteiger charge is -2.38. The number of aryl methyl sites for hydroxylation is 2. The van der Waals surface area contributed by atoms with Crippen molar-refractivity contribution in [1.82, 2.24) is 25.7 Å². The number of aromatic amines is 1. The molecule has 14 heteroatoms. The van der Waals surface area contributed by atoms with Crippen LogP contribution in [0.4, 0.5) is 18.9 Å². The highest BCUT2D eigenvalue weighted by molar-refractivity contribution is 6.02. The van der Waals surface area contributed by atoms with Crippen LogP contribution < -0.4 is 15.4 Å². The van der Waals surface area contributed by atoms with E-state index in [1.165, 1.54) is 13.3 Å². The standard InChI is InChI=1S/C30H29F3N6O5/c1-14-24(15(2)38-37-14)26-21(33)8-16(11-34-26)35-29(41)27(36-28(40)18-12-44-39-22(18)4-7-42-3)25-17-9-19(31)20(32)10-23(17)43-13-30(25)5-6-30/h8-12,25,27H,4-7,13H2,1-3H3,(H,35,41)(H,36,40)(H,37,38)/t25?,27-/m0/s1. The lowest BCUT2D eigenvalue weighted by molar-refractivity contribution is -0.119. The van der Waals surface area contributed by atoms with Gasteiger partial charge in [0.15, 0.2) is 17.5 Å². The highest BCUT2D eigenvalue weighted by Crippen LogP contribution is 2.61. The van der Waals surface area contributed by atoms with Crippen molar-refractivity contribution in [3.8, 4) is 17.0 Å². The Labute approximate surface area is 249 Å². The molecule has 1 fully saturated rings. The van der Waals surface area contributed by atoms with E-state index in [1.54, 1.807) is 13.8 Å². The second-order valence-electron chi connectivity index (χ2n) is 11.2. The summed E-state index contributed by atoms with van der Waals surface area (Å²) >= 11 is 0. The number of carbonyl (C=O) groups is 2. The number of nitrogens with zero attached hydrogens (tertiary/aromatic N) is 3. The monoisotopic (exact) mass is 610 g/mol. The zero-order valence-corrected chi connectivity index (χ0v) is 24.1. The molecule has 1 unspecified atom stereocenters. The first-order chi connectivity index (χ1) is 21.1. The van der Waals surface area contributed by atoms with Crippen LogP contribution in [0, 0.1) is 36.7 Å². The summed E-state index contributed by atoms with van der Waals surface area (Å²) in [5.74, 6) is -5.03. The quantitative estimate of drug-likeness (QED) is 0.253. The van der Waals surface area contributed by atoms with Crippen molar-refractivity contribution < 1.29 is 36.8 Å². The van der Waals surface area contributed by atoms with Gasteiger partial charge in [-0.3, -0.25) is 19.7 Å². The number of pyridine rings is 1. The van der Waals surface area contributed by atoms with Crippen molar-refractivity contribution in [2.45, 2.75) is 45.1 Å². The number of carbonyl (C=O) groups excluding carboxylic acids is 2. The molecule has 44 heavy (non-hydrogen) atoms. The Bertz CT molecular complexity index is 1730. The highest BCUT2D eigenvalue weighted by Gasteiger charge is 2.58. The van der Waals surface area contributed by atoms with Gasteiger partial charge in [0.2, 0.25) is 5.91 Å². The van der Waals surface area contributed by atoms with Gasteiger partial charge in [0.25, 0.3) is 5.91 Å². The number of anilines is 1. The minimum atomic E-state index is -1.32. The van der Waals surface area contributed by atoms with E-state index in [0.717, 1.165) is 24.5 Å². The number of halogens is 3. The van der Waals surface area contributed by atoms with Gasteiger partial charge in [-0.1, -0.05) is 5.16 Å². The molecular formula is C30H29F3N6O5. The molecule has 230 valence electrons. The van der Waals surface area contributed by atoms with Crippen molar-refractivity contribution in [2.75, 3.05) is 25.6 Å². The third-order valence-corrected chi connectivity index (χ3v) is 8.26. The molecule has 1 saturated carbocycles. The summed E-state index contributed by atoms with van der Waals surface area (Å²) < 4.78 is 59.9. The number of amides is 2. The van der Waals surface area contributed by atoms with Gasteiger partial charge in [0.1, 0.15) is 29.3 Å². The van der Waals surface area contributed by atoms with Gasteiger partial charge in [0, 0.05) is 53.8 Å². The van der Waals surface area contributed by atoms with Crippen molar-refractivity contribution in [2.24, 2.45) is 5.41 Å². The van der Waals surface area contributed by atoms with Gasteiger partial charge in [-0.05, 0) is 32.8 Å². The number of fused-ring (bicyclic) bond motifs is 1. The lowest BCUT2D eigenvalue weighted by Crippen LogP contribution is -2.52. The predicted octanol–water partition coefficient (Wildman–Crippen LogP) is 4.38. The number of hydrogen-bond acceptors (Lipinski definition) is 8. The van der Waals surface area contributed by atoms with Crippen molar-refractivity contribution in [3.05, 3.63) is 76.3 Å². The Hall–Kier alpha value is -4.72. The summed E-state index contributed by atoms with van der Waals surface area (Å²) in [5.41, 5.74) is 1.80. The zero-order valence-electron chi connectivity index (χ0n) is 24.1. The summed E-state index contributed by atoms with van der Waals surface area (Å²) in [4.78, 5) is 31.8. The zero-order chi connectivity index (χ0) is 31.2. The number of ether oxygens (including phenoxy) is 2. The molecule has 2 aliphatic rings. The average Bonchev–Trinajstić information content (AvgIpc) is 3.45. The van der Waals surface area contributed by atoms with E-state index in [-0.39, 0.29) is 47.9 Å². The third kappa shape index (κ3) is 5.29. The molecule has 11 nitrogen and oxygen atoms in total. The summed E-state index contributed by atoms with van der Waals surface area (Å²) in [6.45, 7) is 3.86. The molecule has 3 aromatic heterocycles. The molecule has 2 atom stereocenters. The normalized spacial score (nSPS) is 17.1. The largest absolute Gasteiger partial charge is 0.493 e. The van der Waals surface area contributed by atoms with Gasteiger partial charge in [0.05, 0.1) is 36.5 Å². The smallest absolute Gasteiger partial charge is 0.257 e. The number of hydrogen-bond donors (Lipinski definition) is 3. The maximum Gasteiger partial charge on any atom is 0.257 e. The fourth-order valence-electron chi connectivity index (χ4n) is 5.85. The summed E-state index contributed by atoms with van der Waals surface area (Å²) in [6, 6.07) is 1.73. The van der Waals surface area contributed by atoms with Crippen LogP contribution in [0.5, 0.6) is 5.75 Å². The number of aromatic nitrogens is 4. The first-order valence-electron chi connectivity index (χ1n) is 13.9. The van der Waals surface area contributed by atoms with Crippen LogP contribution in [0.3, 0.4) is 0 Å². The minimum absolute atomic E-state index is 0.0301. The first kappa shape index (κ1) is 29.4. The Morgan fingerprint density at radius 1 is 1.16 bits per heavy atom. The number of rotatable bonds is 9. The van der Waals surface area contributed by atoms with E-state index in [1.807, 2.05) is 0 Å². The molecule has 1 spiro atoms. The molecule has 0 bridgehead atoms. The number of H-pyrrole nitrogens is 1. The third-order valence-electron chi connectivity index (χ3n) is 8.26. The SMILES string of the molecule is COCCc1nocc1C(=O)N[C@H](C(=O)Nc1cnc(-c2c(C)n[nH]c2C)c(F)c1)C1c2cc(F)c(F)cc2OCC12CC2.